The largest absolute Gasteiger partial charge is 0.384 e. The van der Waals surface area contributed by atoms with Crippen LogP contribution in [0.2, 0.25) is 0 Å². The molecule has 0 bridgehead atoms. The molecule has 0 unspecified atom stereocenters. The van der Waals surface area contributed by atoms with Crippen LogP contribution in [0.25, 0.3) is 0 Å². The fourth-order valence-corrected chi connectivity index (χ4v) is 1.81. The predicted molar refractivity (Wildman–Crippen MR) is 58.5 cm³/mol. The minimum atomic E-state index is 0.599. The number of nitrogens with two attached hydrogens (primary N) is 1. The molecule has 1 aromatic heterocycles. The first-order valence-corrected chi connectivity index (χ1v) is 4.95. The van der Waals surface area contributed by atoms with E-state index in [4.69, 9.17) is 5.73 Å². The second kappa shape index (κ2) is 3.84. The van der Waals surface area contributed by atoms with Gasteiger partial charge in [-0.15, -0.1) is 0 Å². The quantitative estimate of drug-likeness (QED) is 0.675. The Balaban J connectivity index is 2.22. The van der Waals surface area contributed by atoms with Crippen LogP contribution in [0.5, 0.6) is 0 Å². The first-order valence-electron chi connectivity index (χ1n) is 4.95. The van der Waals surface area contributed by atoms with E-state index in [-0.39, 0.29) is 0 Å². The second-order valence-corrected chi connectivity index (χ2v) is 3.63. The molecule has 3 N–H and O–H groups in total. The summed E-state index contributed by atoms with van der Waals surface area (Å²) in [6.45, 7) is 6.27. The third kappa shape index (κ3) is 1.80. The molecule has 2 rings (SSSR count). The average Bonchev–Trinajstić information content (AvgIpc) is 2.19. The van der Waals surface area contributed by atoms with Crippen LogP contribution in [-0.2, 0) is 0 Å². The van der Waals surface area contributed by atoms with Crippen molar-refractivity contribution in [3.63, 3.8) is 0 Å². The minimum Gasteiger partial charge on any atom is -0.384 e. The highest BCUT2D eigenvalue weighted by atomic mass is 15.2. The van der Waals surface area contributed by atoms with Crippen LogP contribution in [0.1, 0.15) is 5.56 Å². The number of nitrogen functional groups attached to an aromatic ring is 1. The molecule has 1 saturated heterocycles. The van der Waals surface area contributed by atoms with Gasteiger partial charge in [-0.25, -0.2) is 4.98 Å². The molecular formula is C10H16N4. The summed E-state index contributed by atoms with van der Waals surface area (Å²) < 4.78 is 0. The number of hydrogen-bond acceptors (Lipinski definition) is 4. The van der Waals surface area contributed by atoms with Crippen LogP contribution < -0.4 is 16.0 Å². The zero-order valence-electron chi connectivity index (χ0n) is 8.45. The smallest absolute Gasteiger partial charge is 0.123 e. The van der Waals surface area contributed by atoms with Gasteiger partial charge in [0.2, 0.25) is 0 Å². The van der Waals surface area contributed by atoms with E-state index in [9.17, 15) is 0 Å². The van der Waals surface area contributed by atoms with Gasteiger partial charge in [-0.2, -0.15) is 0 Å². The topological polar surface area (TPSA) is 54.2 Å². The van der Waals surface area contributed by atoms with E-state index in [1.165, 1.54) is 11.3 Å². The molecule has 1 aliphatic rings. The summed E-state index contributed by atoms with van der Waals surface area (Å²) in [7, 11) is 0. The summed E-state index contributed by atoms with van der Waals surface area (Å²) in [6.07, 6.45) is 1.87. The SMILES string of the molecule is Cc1cc(N)ncc1N1CCNCC1. The lowest BCUT2D eigenvalue weighted by Gasteiger charge is -2.30. The normalized spacial score (nSPS) is 17.1. The summed E-state index contributed by atoms with van der Waals surface area (Å²) in [5.41, 5.74) is 8.03. The van der Waals surface area contributed by atoms with Crippen molar-refractivity contribution in [1.82, 2.24) is 10.3 Å². The maximum atomic E-state index is 5.62. The molecule has 0 radical (unpaired) electrons. The molecule has 0 aliphatic carbocycles. The van der Waals surface area contributed by atoms with Gasteiger partial charge in [0.25, 0.3) is 0 Å². The maximum Gasteiger partial charge on any atom is 0.123 e. The van der Waals surface area contributed by atoms with E-state index in [0.29, 0.717) is 5.82 Å². The van der Waals surface area contributed by atoms with E-state index < -0.39 is 0 Å². The summed E-state index contributed by atoms with van der Waals surface area (Å²) in [5, 5.41) is 3.33. The number of nitrogens with one attached hydrogen (secondary N) is 1. The van der Waals surface area contributed by atoms with Crippen LogP contribution in [0.15, 0.2) is 12.3 Å². The van der Waals surface area contributed by atoms with Crippen LogP contribution >= 0.6 is 0 Å². The van der Waals surface area contributed by atoms with Crippen molar-refractivity contribution in [3.05, 3.63) is 17.8 Å². The fourth-order valence-electron chi connectivity index (χ4n) is 1.81. The van der Waals surface area contributed by atoms with Crippen molar-refractivity contribution in [2.24, 2.45) is 0 Å². The molecule has 1 aliphatic heterocycles. The number of hydrogen-bond donors (Lipinski definition) is 2. The standard InChI is InChI=1S/C10H16N4/c1-8-6-10(11)13-7-9(8)14-4-2-12-3-5-14/h6-7,12H,2-5H2,1H3,(H2,11,13). The zero-order valence-corrected chi connectivity index (χ0v) is 8.45. The average molecular weight is 192 g/mol. The van der Waals surface area contributed by atoms with E-state index in [0.717, 1.165) is 26.2 Å². The molecule has 0 amide bonds. The van der Waals surface area contributed by atoms with Gasteiger partial charge in [0.1, 0.15) is 5.82 Å². The second-order valence-electron chi connectivity index (χ2n) is 3.63. The van der Waals surface area contributed by atoms with Crippen molar-refractivity contribution in [2.75, 3.05) is 36.8 Å². The van der Waals surface area contributed by atoms with Gasteiger partial charge in [-0.05, 0) is 18.6 Å². The molecule has 1 fully saturated rings. The number of rotatable bonds is 1. The number of aryl methyl sites for hydroxylation is 1. The number of aromatic nitrogens is 1. The number of pyridine rings is 1. The van der Waals surface area contributed by atoms with Crippen molar-refractivity contribution < 1.29 is 0 Å². The van der Waals surface area contributed by atoms with Gasteiger partial charge >= 0.3 is 0 Å². The summed E-state index contributed by atoms with van der Waals surface area (Å²) in [5.74, 6) is 0.599. The molecule has 76 valence electrons. The Morgan fingerprint density at radius 1 is 1.43 bits per heavy atom. The van der Waals surface area contributed by atoms with Gasteiger partial charge in [-0.3, -0.25) is 0 Å². The summed E-state index contributed by atoms with van der Waals surface area (Å²) in [6, 6.07) is 1.93. The Morgan fingerprint density at radius 2 is 2.14 bits per heavy atom. The molecule has 4 nitrogen and oxygen atoms in total. The molecule has 1 aromatic rings. The molecule has 0 spiro atoms. The lowest BCUT2D eigenvalue weighted by molar-refractivity contribution is 0.588. The van der Waals surface area contributed by atoms with Crippen molar-refractivity contribution in [1.29, 1.82) is 0 Å². The van der Waals surface area contributed by atoms with E-state index in [1.807, 2.05) is 12.3 Å². The number of anilines is 2. The molecule has 0 atom stereocenters. The third-order valence-electron chi connectivity index (χ3n) is 2.56. The predicted octanol–water partition coefficient (Wildman–Crippen LogP) is 0.382. The third-order valence-corrected chi connectivity index (χ3v) is 2.56. The Hall–Kier alpha value is -1.29. The summed E-state index contributed by atoms with van der Waals surface area (Å²) >= 11 is 0. The Morgan fingerprint density at radius 3 is 2.79 bits per heavy atom. The van der Waals surface area contributed by atoms with E-state index in [2.05, 4.69) is 22.1 Å². The Bertz CT molecular complexity index is 318. The van der Waals surface area contributed by atoms with E-state index >= 15 is 0 Å². The zero-order chi connectivity index (χ0) is 9.97. The lowest BCUT2D eigenvalue weighted by Crippen LogP contribution is -2.43. The van der Waals surface area contributed by atoms with Gasteiger partial charge < -0.3 is 16.0 Å². The molecule has 0 saturated carbocycles. The molecule has 14 heavy (non-hydrogen) atoms. The monoisotopic (exact) mass is 192 g/mol. The molecule has 4 heteroatoms. The van der Waals surface area contributed by atoms with Crippen molar-refractivity contribution in [3.8, 4) is 0 Å². The van der Waals surface area contributed by atoms with E-state index in [1.54, 1.807) is 0 Å². The van der Waals surface area contributed by atoms with Crippen LogP contribution in [0.4, 0.5) is 11.5 Å². The van der Waals surface area contributed by atoms with Gasteiger partial charge in [0.15, 0.2) is 0 Å². The fraction of sp³-hybridized carbons (Fsp3) is 0.500. The van der Waals surface area contributed by atoms with Gasteiger partial charge in [-0.1, -0.05) is 0 Å². The molecular weight excluding hydrogens is 176 g/mol. The molecule has 0 aromatic carbocycles. The highest BCUT2D eigenvalue weighted by Gasteiger charge is 2.12. The van der Waals surface area contributed by atoms with Crippen LogP contribution in [0, 0.1) is 6.92 Å². The van der Waals surface area contributed by atoms with Crippen LogP contribution in [0.3, 0.4) is 0 Å². The van der Waals surface area contributed by atoms with Gasteiger partial charge in [0, 0.05) is 26.2 Å². The van der Waals surface area contributed by atoms with Crippen molar-refractivity contribution >= 4 is 11.5 Å². The molecule has 2 heterocycles. The maximum absolute atomic E-state index is 5.62. The first-order chi connectivity index (χ1) is 6.77. The van der Waals surface area contributed by atoms with Crippen molar-refractivity contribution in [2.45, 2.75) is 6.92 Å². The highest BCUT2D eigenvalue weighted by Crippen LogP contribution is 2.20. The highest BCUT2D eigenvalue weighted by molar-refractivity contribution is 5.55. The number of piperazine rings is 1. The Labute approximate surface area is 84.1 Å². The first kappa shape index (κ1) is 9.27. The Kier molecular flexibility index (Phi) is 2.54. The summed E-state index contributed by atoms with van der Waals surface area (Å²) in [4.78, 5) is 6.48. The number of nitrogens with zero attached hydrogens (tertiary/aromatic N) is 2. The van der Waals surface area contributed by atoms with Crippen LogP contribution in [-0.4, -0.2) is 31.2 Å². The van der Waals surface area contributed by atoms with Gasteiger partial charge in [0.05, 0.1) is 11.9 Å². The lowest BCUT2D eigenvalue weighted by atomic mass is 10.2. The minimum absolute atomic E-state index is 0.599.